The van der Waals surface area contributed by atoms with E-state index in [0.29, 0.717) is 0 Å². The maximum Gasteiger partial charge on any atom is 0.223 e. The number of hydrogen-bond acceptors (Lipinski definition) is 1. The fraction of sp³-hybridized carbons (Fsp3) is 0.800. The van der Waals surface area contributed by atoms with E-state index < -0.39 is 10.2 Å². The van der Waals surface area contributed by atoms with Crippen LogP contribution in [0.3, 0.4) is 0 Å². The second kappa shape index (κ2) is 1.77. The second-order valence-corrected chi connectivity index (χ2v) is 3.79. The monoisotopic (exact) mass is 167 g/mol. The van der Waals surface area contributed by atoms with Crippen LogP contribution in [0.4, 0.5) is 0 Å². The van der Waals surface area contributed by atoms with Gasteiger partial charge in [0.25, 0.3) is 0 Å². The number of carbonyl (C=O) groups is 1. The lowest BCUT2D eigenvalue weighted by Gasteiger charge is -1.90. The van der Waals surface area contributed by atoms with Crippen LogP contribution in [0.25, 0.3) is 0 Å². The van der Waals surface area contributed by atoms with E-state index in [9.17, 15) is 4.79 Å². The quantitative estimate of drug-likeness (QED) is 0.581. The molecule has 0 heterocycles. The van der Waals surface area contributed by atoms with Crippen molar-refractivity contribution in [1.82, 2.24) is 0 Å². The van der Waals surface area contributed by atoms with Gasteiger partial charge in [-0.25, -0.2) is 0 Å². The van der Waals surface area contributed by atoms with Gasteiger partial charge in [-0.15, -0.1) is 23.2 Å². The summed E-state index contributed by atoms with van der Waals surface area (Å²) in [4.78, 5) is 10.4. The van der Waals surface area contributed by atoms with Gasteiger partial charge in [0.1, 0.15) is 4.33 Å². The first kappa shape index (κ1) is 7.16. The van der Waals surface area contributed by atoms with E-state index in [0.717, 1.165) is 0 Å². The van der Waals surface area contributed by atoms with Crippen LogP contribution in [-0.2, 0) is 4.79 Å². The zero-order chi connectivity index (χ0) is 7.23. The molecule has 1 amide bonds. The second-order valence-electron chi connectivity index (χ2n) is 2.34. The highest BCUT2D eigenvalue weighted by Crippen LogP contribution is 2.58. The van der Waals surface area contributed by atoms with Crippen molar-refractivity contribution in [2.75, 3.05) is 0 Å². The Morgan fingerprint density at radius 3 is 2.00 bits per heavy atom. The maximum atomic E-state index is 10.4. The molecule has 0 spiro atoms. The van der Waals surface area contributed by atoms with Crippen molar-refractivity contribution in [2.45, 2.75) is 11.3 Å². The summed E-state index contributed by atoms with van der Waals surface area (Å²) in [6.07, 6.45) is 0. The number of rotatable bonds is 1. The Morgan fingerprint density at radius 2 is 2.00 bits per heavy atom. The molecule has 0 aromatic rings. The average molecular weight is 168 g/mol. The average Bonchev–Trinajstić information content (AvgIpc) is 2.07. The van der Waals surface area contributed by atoms with Gasteiger partial charge in [0.05, 0.1) is 5.92 Å². The topological polar surface area (TPSA) is 43.1 Å². The molecule has 0 bridgehead atoms. The van der Waals surface area contributed by atoms with Crippen LogP contribution in [0.5, 0.6) is 0 Å². The van der Waals surface area contributed by atoms with Crippen molar-refractivity contribution in [3.8, 4) is 0 Å². The third-order valence-corrected chi connectivity index (χ3v) is 2.88. The van der Waals surface area contributed by atoms with Crippen molar-refractivity contribution in [3.05, 3.63) is 0 Å². The first-order valence-electron chi connectivity index (χ1n) is 2.65. The highest BCUT2D eigenvalue weighted by Gasteiger charge is 2.63. The van der Waals surface area contributed by atoms with Crippen molar-refractivity contribution >= 4 is 29.1 Å². The van der Waals surface area contributed by atoms with E-state index in [-0.39, 0.29) is 11.8 Å². The van der Waals surface area contributed by atoms with Crippen LogP contribution < -0.4 is 5.73 Å². The molecule has 4 heteroatoms. The first-order valence-corrected chi connectivity index (χ1v) is 3.40. The van der Waals surface area contributed by atoms with Crippen LogP contribution in [-0.4, -0.2) is 10.2 Å². The van der Waals surface area contributed by atoms with E-state index in [1.165, 1.54) is 0 Å². The highest BCUT2D eigenvalue weighted by atomic mass is 35.5. The molecule has 0 aliphatic heterocycles. The number of primary amides is 1. The van der Waals surface area contributed by atoms with Gasteiger partial charge >= 0.3 is 0 Å². The van der Waals surface area contributed by atoms with Gasteiger partial charge in [0, 0.05) is 5.92 Å². The Bertz CT molecular complexity index is 157. The summed E-state index contributed by atoms with van der Waals surface area (Å²) < 4.78 is -0.883. The molecule has 9 heavy (non-hydrogen) atoms. The Hall–Kier alpha value is 0.0500. The fourth-order valence-electron chi connectivity index (χ4n) is 0.916. The van der Waals surface area contributed by atoms with Crippen molar-refractivity contribution in [2.24, 2.45) is 17.6 Å². The SMILES string of the molecule is C[C@H]1[C@@H](C(N)=O)C1(Cl)Cl. The van der Waals surface area contributed by atoms with E-state index >= 15 is 0 Å². The molecular formula is C5H7Cl2NO. The molecule has 2 N–H and O–H groups in total. The van der Waals surface area contributed by atoms with Gasteiger partial charge in [-0.05, 0) is 0 Å². The van der Waals surface area contributed by atoms with Crippen LogP contribution in [0.15, 0.2) is 0 Å². The summed E-state index contributed by atoms with van der Waals surface area (Å²) >= 11 is 11.2. The molecule has 0 saturated heterocycles. The molecule has 1 rings (SSSR count). The molecule has 0 unspecified atom stereocenters. The standard InChI is InChI=1S/C5H7Cl2NO/c1-2-3(4(8)9)5(2,6)7/h2-3H,1H3,(H2,8,9)/t2-,3-/m0/s1. The predicted octanol–water partition coefficient (Wildman–Crippen LogP) is 0.911. The lowest BCUT2D eigenvalue weighted by molar-refractivity contribution is -0.119. The number of alkyl halides is 2. The van der Waals surface area contributed by atoms with Crippen LogP contribution in [0, 0.1) is 11.8 Å². The lowest BCUT2D eigenvalue weighted by atomic mass is 10.3. The molecule has 1 saturated carbocycles. The largest absolute Gasteiger partial charge is 0.369 e. The van der Waals surface area contributed by atoms with Gasteiger partial charge in [-0.3, -0.25) is 4.79 Å². The molecule has 0 aromatic heterocycles. The number of hydrogen-bond donors (Lipinski definition) is 1. The van der Waals surface area contributed by atoms with Crippen molar-refractivity contribution in [3.63, 3.8) is 0 Å². The Labute approximate surface area is 63.3 Å². The van der Waals surface area contributed by atoms with Crippen molar-refractivity contribution in [1.29, 1.82) is 0 Å². The summed E-state index contributed by atoms with van der Waals surface area (Å²) in [6, 6.07) is 0. The molecule has 2 nitrogen and oxygen atoms in total. The summed E-state index contributed by atoms with van der Waals surface area (Å²) in [5.74, 6) is -0.744. The van der Waals surface area contributed by atoms with E-state index in [1.54, 1.807) is 6.92 Å². The normalized spacial score (nSPS) is 38.1. The van der Waals surface area contributed by atoms with Crippen LogP contribution in [0.1, 0.15) is 6.92 Å². The first-order chi connectivity index (χ1) is 3.98. The van der Waals surface area contributed by atoms with Gasteiger partial charge in [-0.2, -0.15) is 0 Å². The summed E-state index contributed by atoms with van der Waals surface area (Å²) in [7, 11) is 0. The minimum absolute atomic E-state index is 0.0123. The van der Waals surface area contributed by atoms with Gasteiger partial charge in [0.15, 0.2) is 0 Å². The molecule has 0 aromatic carbocycles. The third-order valence-electron chi connectivity index (χ3n) is 1.72. The third kappa shape index (κ3) is 0.904. The van der Waals surface area contributed by atoms with Gasteiger partial charge in [-0.1, -0.05) is 6.92 Å². The van der Waals surface area contributed by atoms with Gasteiger partial charge in [0.2, 0.25) is 5.91 Å². The summed E-state index contributed by atoms with van der Waals surface area (Å²) in [5, 5.41) is 0. The maximum absolute atomic E-state index is 10.4. The minimum atomic E-state index is -0.883. The number of nitrogens with two attached hydrogens (primary N) is 1. The molecule has 1 aliphatic rings. The molecule has 2 atom stereocenters. The molecule has 0 radical (unpaired) electrons. The molecule has 1 aliphatic carbocycles. The lowest BCUT2D eigenvalue weighted by Crippen LogP contribution is -2.16. The van der Waals surface area contributed by atoms with Crippen LogP contribution >= 0.6 is 23.2 Å². The zero-order valence-electron chi connectivity index (χ0n) is 4.90. The Morgan fingerprint density at radius 1 is 1.67 bits per heavy atom. The van der Waals surface area contributed by atoms with E-state index in [1.807, 2.05) is 0 Å². The molecule has 1 fully saturated rings. The molecular weight excluding hydrogens is 161 g/mol. The summed E-state index contributed by atoms with van der Waals surface area (Å²) in [6.45, 7) is 1.80. The minimum Gasteiger partial charge on any atom is -0.369 e. The Kier molecular flexibility index (Phi) is 1.41. The fourth-order valence-corrected chi connectivity index (χ4v) is 1.63. The van der Waals surface area contributed by atoms with E-state index in [4.69, 9.17) is 28.9 Å². The van der Waals surface area contributed by atoms with E-state index in [2.05, 4.69) is 0 Å². The summed E-state index contributed by atoms with van der Waals surface area (Å²) in [5.41, 5.74) is 4.96. The van der Waals surface area contributed by atoms with Gasteiger partial charge < -0.3 is 5.73 Å². The zero-order valence-corrected chi connectivity index (χ0v) is 6.41. The highest BCUT2D eigenvalue weighted by molar-refractivity contribution is 6.52. The van der Waals surface area contributed by atoms with Crippen LogP contribution in [0.2, 0.25) is 0 Å². The Balaban J connectivity index is 2.62. The number of halogens is 2. The molecule has 52 valence electrons. The number of carbonyl (C=O) groups excluding carboxylic acids is 1. The predicted molar refractivity (Wildman–Crippen MR) is 36.3 cm³/mol. The van der Waals surface area contributed by atoms with Crippen molar-refractivity contribution < 1.29 is 4.79 Å². The smallest absolute Gasteiger partial charge is 0.223 e. The number of amides is 1.